The molecule has 0 saturated carbocycles. The molecule has 0 atom stereocenters. The lowest BCUT2D eigenvalue weighted by Crippen LogP contribution is -2.30. The van der Waals surface area contributed by atoms with Gasteiger partial charge < -0.3 is 9.62 Å². The van der Waals surface area contributed by atoms with Crippen LogP contribution in [0.3, 0.4) is 0 Å². The molecule has 0 N–H and O–H groups in total. The molecule has 4 aromatic carbocycles. The molecule has 3 heterocycles. The molecule has 0 aliphatic carbocycles. The van der Waals surface area contributed by atoms with Crippen molar-refractivity contribution in [3.63, 3.8) is 0 Å². The van der Waals surface area contributed by atoms with Crippen LogP contribution in [0.5, 0.6) is 0 Å². The molecular weight excluding hydrogens is 451 g/mol. The van der Waals surface area contributed by atoms with E-state index in [1.165, 1.54) is 32.7 Å². The molecule has 7 rings (SSSR count). The molecule has 0 amide bonds. The molecule has 37 heavy (non-hydrogen) atoms. The summed E-state index contributed by atoms with van der Waals surface area (Å²) >= 11 is 0. The monoisotopic (exact) mass is 475 g/mol. The number of rotatable bonds is 4. The number of nitrogens with zero attached hydrogens (tertiary/aromatic N) is 4. The van der Waals surface area contributed by atoms with Crippen LogP contribution in [0.1, 0.15) is 0 Å². The molecular formula is C32H24BN4. The molecule has 175 valence electrons. The molecule has 4 nitrogen and oxygen atoms in total. The van der Waals surface area contributed by atoms with Gasteiger partial charge in [-0.25, -0.2) is 9.97 Å². The number of hydrogen-bond acceptors (Lipinski definition) is 4. The predicted octanol–water partition coefficient (Wildman–Crippen LogP) is 6.98. The van der Waals surface area contributed by atoms with Crippen molar-refractivity contribution in [2.75, 3.05) is 22.7 Å². The number of hydrogen-bond donors (Lipinski definition) is 0. The summed E-state index contributed by atoms with van der Waals surface area (Å²) in [5.41, 5.74) is 4.61. The molecule has 0 bridgehead atoms. The fraction of sp³-hybridized carbons (Fsp3) is 0.0625. The van der Waals surface area contributed by atoms with E-state index < -0.39 is 0 Å². The van der Waals surface area contributed by atoms with Crippen LogP contribution < -0.4 is 9.62 Å². The Morgan fingerprint density at radius 1 is 0.459 bits per heavy atom. The van der Waals surface area contributed by atoms with Crippen molar-refractivity contribution in [3.05, 3.63) is 122 Å². The summed E-state index contributed by atoms with van der Waals surface area (Å²) < 4.78 is 0. The quantitative estimate of drug-likeness (QED) is 0.258. The zero-order valence-corrected chi connectivity index (χ0v) is 20.3. The molecule has 1 aliphatic heterocycles. The molecule has 1 fully saturated rings. The first-order chi connectivity index (χ1) is 18.3. The van der Waals surface area contributed by atoms with Crippen molar-refractivity contribution >= 4 is 40.7 Å². The summed E-state index contributed by atoms with van der Waals surface area (Å²) in [5.74, 6) is 1.89. The molecule has 5 heteroatoms. The van der Waals surface area contributed by atoms with Crippen molar-refractivity contribution < 1.29 is 0 Å². The maximum absolute atomic E-state index is 4.77. The highest BCUT2D eigenvalue weighted by molar-refractivity contribution is 6.47. The summed E-state index contributed by atoms with van der Waals surface area (Å²) in [7, 11) is 2.11. The average molecular weight is 475 g/mol. The fourth-order valence-corrected chi connectivity index (χ4v) is 5.04. The van der Waals surface area contributed by atoms with Crippen LogP contribution >= 0.6 is 0 Å². The van der Waals surface area contributed by atoms with E-state index in [0.29, 0.717) is 0 Å². The van der Waals surface area contributed by atoms with Gasteiger partial charge >= 0.3 is 7.55 Å². The summed E-state index contributed by atoms with van der Waals surface area (Å²) in [5, 5.41) is 4.99. The minimum Gasteiger partial charge on any atom is -0.382 e. The Hall–Kier alpha value is -4.64. The predicted molar refractivity (Wildman–Crippen MR) is 155 cm³/mol. The second-order valence-electron chi connectivity index (χ2n) is 9.44. The molecule has 1 aliphatic rings. The maximum atomic E-state index is 4.77. The van der Waals surface area contributed by atoms with Gasteiger partial charge in [-0.05, 0) is 69.1 Å². The third-order valence-electron chi connectivity index (χ3n) is 7.11. The summed E-state index contributed by atoms with van der Waals surface area (Å²) in [6.07, 6.45) is 3.93. The first-order valence-electron chi connectivity index (χ1n) is 12.6. The van der Waals surface area contributed by atoms with Gasteiger partial charge in [0.2, 0.25) is 0 Å². The minimum atomic E-state index is 0.871. The lowest BCUT2D eigenvalue weighted by Gasteiger charge is -2.18. The van der Waals surface area contributed by atoms with Crippen LogP contribution in [0, 0.1) is 0 Å². The van der Waals surface area contributed by atoms with E-state index in [4.69, 9.17) is 9.97 Å². The van der Waals surface area contributed by atoms with Gasteiger partial charge in [-0.15, -0.1) is 0 Å². The average Bonchev–Trinajstić information content (AvgIpc) is 3.47. The standard InChI is InChI=1S/C32H24BN4/c1-3-7-25-19-27(11-9-23(25)5-1)29-13-15-31(34-21-29)36-17-18-37(33-36)32-16-14-30(22-35-32)28-12-10-24-6-2-4-8-26(24)20-28/h1-16,19-22H,17-18H2. The number of benzene rings is 4. The van der Waals surface area contributed by atoms with Gasteiger partial charge in [0.15, 0.2) is 0 Å². The van der Waals surface area contributed by atoms with Gasteiger partial charge in [0, 0.05) is 36.6 Å². The maximum Gasteiger partial charge on any atom is 0.394 e. The van der Waals surface area contributed by atoms with Gasteiger partial charge in [0.25, 0.3) is 0 Å². The minimum absolute atomic E-state index is 0.871. The van der Waals surface area contributed by atoms with E-state index >= 15 is 0 Å². The molecule has 0 spiro atoms. The van der Waals surface area contributed by atoms with Gasteiger partial charge in [-0.3, -0.25) is 0 Å². The van der Waals surface area contributed by atoms with Crippen molar-refractivity contribution in [3.8, 4) is 22.3 Å². The van der Waals surface area contributed by atoms with E-state index in [1.807, 2.05) is 12.4 Å². The van der Waals surface area contributed by atoms with Crippen LogP contribution in [0.25, 0.3) is 43.8 Å². The molecule has 2 aromatic heterocycles. The third kappa shape index (κ3) is 4.19. The largest absolute Gasteiger partial charge is 0.394 e. The smallest absolute Gasteiger partial charge is 0.382 e. The van der Waals surface area contributed by atoms with Gasteiger partial charge in [-0.2, -0.15) is 0 Å². The third-order valence-corrected chi connectivity index (χ3v) is 7.11. The highest BCUT2D eigenvalue weighted by atomic mass is 15.3. The summed E-state index contributed by atoms with van der Waals surface area (Å²) in [6.45, 7) is 1.74. The Morgan fingerprint density at radius 3 is 1.32 bits per heavy atom. The lowest BCUT2D eigenvalue weighted by molar-refractivity contribution is 0.994. The Balaban J connectivity index is 1.05. The van der Waals surface area contributed by atoms with E-state index in [9.17, 15) is 0 Å². The van der Waals surface area contributed by atoms with Crippen LogP contribution in [-0.4, -0.2) is 30.6 Å². The lowest BCUT2D eigenvalue weighted by atomic mass is 10.0. The molecule has 0 unspecified atom stereocenters. The fourth-order valence-electron chi connectivity index (χ4n) is 5.04. The highest BCUT2D eigenvalue weighted by Crippen LogP contribution is 2.28. The van der Waals surface area contributed by atoms with E-state index in [1.54, 1.807) is 0 Å². The second-order valence-corrected chi connectivity index (χ2v) is 9.44. The zero-order chi connectivity index (χ0) is 24.6. The van der Waals surface area contributed by atoms with E-state index in [2.05, 4.69) is 126 Å². The van der Waals surface area contributed by atoms with E-state index in [-0.39, 0.29) is 0 Å². The van der Waals surface area contributed by atoms with Gasteiger partial charge in [0.1, 0.15) is 11.6 Å². The van der Waals surface area contributed by atoms with Crippen LogP contribution in [-0.2, 0) is 0 Å². The van der Waals surface area contributed by atoms with Crippen molar-refractivity contribution in [1.82, 2.24) is 9.97 Å². The Morgan fingerprint density at radius 2 is 0.892 bits per heavy atom. The first kappa shape index (κ1) is 21.6. The van der Waals surface area contributed by atoms with Crippen LogP contribution in [0.2, 0.25) is 0 Å². The molecule has 1 saturated heterocycles. The van der Waals surface area contributed by atoms with Crippen LogP contribution in [0.4, 0.5) is 11.6 Å². The normalized spacial score (nSPS) is 13.3. The zero-order valence-electron chi connectivity index (χ0n) is 20.3. The number of aromatic nitrogens is 2. The molecule has 1 radical (unpaired) electrons. The van der Waals surface area contributed by atoms with Crippen molar-refractivity contribution in [2.24, 2.45) is 0 Å². The number of pyridine rings is 2. The highest BCUT2D eigenvalue weighted by Gasteiger charge is 2.25. The molecule has 6 aromatic rings. The Labute approximate surface area is 217 Å². The first-order valence-corrected chi connectivity index (χ1v) is 12.6. The van der Waals surface area contributed by atoms with Gasteiger partial charge in [-0.1, -0.05) is 72.8 Å². The van der Waals surface area contributed by atoms with Crippen molar-refractivity contribution in [2.45, 2.75) is 0 Å². The Bertz CT molecular complexity index is 1590. The number of anilines is 2. The van der Waals surface area contributed by atoms with Crippen molar-refractivity contribution in [1.29, 1.82) is 0 Å². The van der Waals surface area contributed by atoms with E-state index in [0.717, 1.165) is 35.9 Å². The topological polar surface area (TPSA) is 32.3 Å². The Kier molecular flexibility index (Phi) is 5.32. The SMILES string of the molecule is [B]1N(c2ccc(-c3ccc4ccccc4c3)cn2)CCN1c1ccc(-c2ccc3ccccc3c2)cn1. The van der Waals surface area contributed by atoms with Gasteiger partial charge in [0.05, 0.1) is 0 Å². The summed E-state index contributed by atoms with van der Waals surface area (Å²) in [6, 6.07) is 38.5. The summed E-state index contributed by atoms with van der Waals surface area (Å²) in [4.78, 5) is 13.9. The van der Waals surface area contributed by atoms with Crippen LogP contribution in [0.15, 0.2) is 122 Å². The number of fused-ring (bicyclic) bond motifs is 2. The second kappa shape index (κ2) is 9.10.